The molecule has 0 radical (unpaired) electrons. The molecule has 0 spiro atoms. The van der Waals surface area contributed by atoms with E-state index in [9.17, 15) is 13.2 Å². The largest absolute Gasteiger partial charge is 0.352 e. The van der Waals surface area contributed by atoms with Gasteiger partial charge >= 0.3 is 0 Å². The number of sulfonamides is 1. The van der Waals surface area contributed by atoms with E-state index in [1.54, 1.807) is 11.2 Å². The van der Waals surface area contributed by atoms with Crippen molar-refractivity contribution in [1.82, 2.24) is 14.5 Å². The molecule has 1 fully saturated rings. The van der Waals surface area contributed by atoms with Gasteiger partial charge in [-0.15, -0.1) is 0 Å². The first kappa shape index (κ1) is 19.9. The Bertz CT molecular complexity index is 681. The van der Waals surface area contributed by atoms with E-state index in [1.807, 2.05) is 24.3 Å². The molecule has 0 saturated carbocycles. The molecule has 0 aliphatic carbocycles. The zero-order chi connectivity index (χ0) is 18.4. The Balaban J connectivity index is 1.92. The number of rotatable bonds is 7. The molecule has 0 atom stereocenters. The van der Waals surface area contributed by atoms with Gasteiger partial charge in [0.25, 0.3) is 5.91 Å². The summed E-state index contributed by atoms with van der Waals surface area (Å²) in [7, 11) is -3.10. The third kappa shape index (κ3) is 5.80. The number of hydrogen-bond acceptors (Lipinski definition) is 4. The summed E-state index contributed by atoms with van der Waals surface area (Å²) in [4.78, 5) is 14.4. The van der Waals surface area contributed by atoms with Crippen LogP contribution in [0.1, 0.15) is 36.7 Å². The van der Waals surface area contributed by atoms with E-state index in [2.05, 4.69) is 24.1 Å². The SMILES string of the molecule is CCS(=O)(=O)N1CCN(Cc2cccc(C(=O)NCC(C)C)c2)CC1. The number of benzene rings is 1. The highest BCUT2D eigenvalue weighted by atomic mass is 32.2. The van der Waals surface area contributed by atoms with Crippen LogP contribution in [0.15, 0.2) is 24.3 Å². The van der Waals surface area contributed by atoms with E-state index in [0.29, 0.717) is 44.2 Å². The molecule has 1 aromatic carbocycles. The lowest BCUT2D eigenvalue weighted by molar-refractivity contribution is 0.0948. The van der Waals surface area contributed by atoms with E-state index in [4.69, 9.17) is 0 Å². The summed E-state index contributed by atoms with van der Waals surface area (Å²) < 4.78 is 25.4. The molecular formula is C18H29N3O3S. The topological polar surface area (TPSA) is 69.7 Å². The first-order valence-electron chi connectivity index (χ1n) is 8.89. The number of hydrogen-bond donors (Lipinski definition) is 1. The second-order valence-corrected chi connectivity index (χ2v) is 9.14. The van der Waals surface area contributed by atoms with Crippen molar-refractivity contribution >= 4 is 15.9 Å². The highest BCUT2D eigenvalue weighted by Gasteiger charge is 2.25. The molecule has 1 amide bonds. The standard InChI is InChI=1S/C18H29N3O3S/c1-4-25(23,24)21-10-8-20(9-11-21)14-16-6-5-7-17(12-16)18(22)19-13-15(2)3/h5-7,12,15H,4,8-11,13-14H2,1-3H3,(H,19,22). The summed E-state index contributed by atoms with van der Waals surface area (Å²) in [6.45, 7) is 9.69. The summed E-state index contributed by atoms with van der Waals surface area (Å²) in [6.07, 6.45) is 0. The van der Waals surface area contributed by atoms with Gasteiger partial charge in [0.1, 0.15) is 0 Å². The van der Waals surface area contributed by atoms with Gasteiger partial charge in [0.15, 0.2) is 0 Å². The van der Waals surface area contributed by atoms with E-state index < -0.39 is 10.0 Å². The molecule has 1 saturated heterocycles. The smallest absolute Gasteiger partial charge is 0.251 e. The monoisotopic (exact) mass is 367 g/mol. The van der Waals surface area contributed by atoms with Crippen molar-refractivity contribution < 1.29 is 13.2 Å². The van der Waals surface area contributed by atoms with Crippen LogP contribution in [0.25, 0.3) is 0 Å². The van der Waals surface area contributed by atoms with Crippen molar-refractivity contribution in [3.8, 4) is 0 Å². The molecule has 6 nitrogen and oxygen atoms in total. The quantitative estimate of drug-likeness (QED) is 0.794. The maximum Gasteiger partial charge on any atom is 0.251 e. The van der Waals surface area contributed by atoms with E-state index in [-0.39, 0.29) is 11.7 Å². The second-order valence-electron chi connectivity index (χ2n) is 6.88. The molecule has 1 aliphatic heterocycles. The van der Waals surface area contributed by atoms with Crippen molar-refractivity contribution in [2.75, 3.05) is 38.5 Å². The Kier molecular flexibility index (Phi) is 6.98. The van der Waals surface area contributed by atoms with Crippen molar-refractivity contribution in [2.45, 2.75) is 27.3 Å². The normalized spacial score (nSPS) is 17.0. The Morgan fingerprint density at radius 1 is 1.20 bits per heavy atom. The van der Waals surface area contributed by atoms with Gasteiger partial charge in [0.2, 0.25) is 10.0 Å². The average Bonchev–Trinajstić information content (AvgIpc) is 2.60. The van der Waals surface area contributed by atoms with Gasteiger partial charge in [-0.25, -0.2) is 8.42 Å². The summed E-state index contributed by atoms with van der Waals surface area (Å²) in [5.74, 6) is 0.526. The third-order valence-corrected chi connectivity index (χ3v) is 6.24. The lowest BCUT2D eigenvalue weighted by atomic mass is 10.1. The highest BCUT2D eigenvalue weighted by molar-refractivity contribution is 7.89. The van der Waals surface area contributed by atoms with Crippen LogP contribution in [0.3, 0.4) is 0 Å². The summed E-state index contributed by atoms with van der Waals surface area (Å²) in [5.41, 5.74) is 1.74. The van der Waals surface area contributed by atoms with Crippen molar-refractivity contribution in [2.24, 2.45) is 5.92 Å². The fraction of sp³-hybridized carbons (Fsp3) is 0.611. The van der Waals surface area contributed by atoms with Crippen LogP contribution < -0.4 is 5.32 Å². The zero-order valence-corrected chi connectivity index (χ0v) is 16.2. The maximum atomic E-state index is 12.2. The van der Waals surface area contributed by atoms with Crippen LogP contribution >= 0.6 is 0 Å². The van der Waals surface area contributed by atoms with Crippen LogP contribution in [0.2, 0.25) is 0 Å². The number of nitrogens with zero attached hydrogens (tertiary/aromatic N) is 2. The molecule has 1 N–H and O–H groups in total. The molecule has 0 bridgehead atoms. The molecule has 25 heavy (non-hydrogen) atoms. The maximum absolute atomic E-state index is 12.2. The summed E-state index contributed by atoms with van der Waals surface area (Å²) >= 11 is 0. The molecule has 7 heteroatoms. The minimum Gasteiger partial charge on any atom is -0.352 e. The molecule has 0 aromatic heterocycles. The van der Waals surface area contributed by atoms with Crippen LogP contribution in [0.4, 0.5) is 0 Å². The molecule has 2 rings (SSSR count). The van der Waals surface area contributed by atoms with Gasteiger partial charge in [-0.3, -0.25) is 9.69 Å². The average molecular weight is 368 g/mol. The van der Waals surface area contributed by atoms with Crippen LogP contribution in [0, 0.1) is 5.92 Å². The summed E-state index contributed by atoms with van der Waals surface area (Å²) in [6, 6.07) is 7.65. The molecule has 0 unspecified atom stereocenters. The molecule has 1 heterocycles. The van der Waals surface area contributed by atoms with Gasteiger partial charge in [0.05, 0.1) is 5.75 Å². The van der Waals surface area contributed by atoms with Crippen LogP contribution in [-0.4, -0.2) is 62.0 Å². The third-order valence-electron chi connectivity index (χ3n) is 4.36. The van der Waals surface area contributed by atoms with E-state index >= 15 is 0 Å². The minimum atomic E-state index is -3.10. The van der Waals surface area contributed by atoms with Gasteiger partial charge in [-0.05, 0) is 30.5 Å². The van der Waals surface area contributed by atoms with Gasteiger partial charge < -0.3 is 5.32 Å². The number of nitrogens with one attached hydrogen (secondary N) is 1. The fourth-order valence-electron chi connectivity index (χ4n) is 2.82. The molecule has 140 valence electrons. The van der Waals surface area contributed by atoms with Crippen LogP contribution in [0.5, 0.6) is 0 Å². The zero-order valence-electron chi connectivity index (χ0n) is 15.4. The molecular weight excluding hydrogens is 338 g/mol. The predicted molar refractivity (Wildman–Crippen MR) is 99.9 cm³/mol. The number of carbonyl (C=O) groups excluding carboxylic acids is 1. The first-order valence-corrected chi connectivity index (χ1v) is 10.5. The molecule has 1 aromatic rings. The molecule has 1 aliphatic rings. The van der Waals surface area contributed by atoms with E-state index in [1.165, 1.54) is 0 Å². The Morgan fingerprint density at radius 2 is 1.88 bits per heavy atom. The minimum absolute atomic E-state index is 0.0468. The second kappa shape index (κ2) is 8.78. The van der Waals surface area contributed by atoms with Crippen molar-refractivity contribution in [3.63, 3.8) is 0 Å². The fourth-order valence-corrected chi connectivity index (χ4v) is 3.90. The number of carbonyl (C=O) groups is 1. The lowest BCUT2D eigenvalue weighted by Gasteiger charge is -2.33. The highest BCUT2D eigenvalue weighted by Crippen LogP contribution is 2.13. The Morgan fingerprint density at radius 3 is 2.48 bits per heavy atom. The summed E-state index contributed by atoms with van der Waals surface area (Å²) in [5, 5.41) is 2.93. The number of amides is 1. The van der Waals surface area contributed by atoms with Gasteiger partial charge in [-0.2, -0.15) is 4.31 Å². The van der Waals surface area contributed by atoms with Gasteiger partial charge in [0, 0.05) is 44.8 Å². The number of piperazine rings is 1. The Hall–Kier alpha value is -1.44. The van der Waals surface area contributed by atoms with Gasteiger partial charge in [-0.1, -0.05) is 26.0 Å². The predicted octanol–water partition coefficient (Wildman–Crippen LogP) is 1.54. The van der Waals surface area contributed by atoms with E-state index in [0.717, 1.165) is 12.1 Å². The Labute approximate surface area is 151 Å². The van der Waals surface area contributed by atoms with Crippen molar-refractivity contribution in [1.29, 1.82) is 0 Å². The van der Waals surface area contributed by atoms with Crippen molar-refractivity contribution in [3.05, 3.63) is 35.4 Å². The lowest BCUT2D eigenvalue weighted by Crippen LogP contribution is -2.48. The van der Waals surface area contributed by atoms with Crippen LogP contribution in [-0.2, 0) is 16.6 Å². The first-order chi connectivity index (χ1) is 11.8.